The van der Waals surface area contributed by atoms with Gasteiger partial charge in [-0.1, -0.05) is 11.6 Å². The summed E-state index contributed by atoms with van der Waals surface area (Å²) < 4.78 is 16.0. The molecule has 2 aliphatic rings. The van der Waals surface area contributed by atoms with Gasteiger partial charge >= 0.3 is 5.97 Å². The summed E-state index contributed by atoms with van der Waals surface area (Å²) in [6, 6.07) is 2.78. The zero-order valence-corrected chi connectivity index (χ0v) is 21.3. The Kier molecular flexibility index (Phi) is 9.59. The molecule has 2 saturated heterocycles. The zero-order chi connectivity index (χ0) is 25.5. The fourth-order valence-electron chi connectivity index (χ4n) is 4.61. The average Bonchev–Trinajstić information content (AvgIpc) is 2.86. The summed E-state index contributed by atoms with van der Waals surface area (Å²) in [5.41, 5.74) is 6.44. The molecule has 3 N–H and O–H groups in total. The molecule has 194 valence electrons. The van der Waals surface area contributed by atoms with Gasteiger partial charge in [0.25, 0.3) is 5.91 Å². The van der Waals surface area contributed by atoms with E-state index in [-0.39, 0.29) is 47.4 Å². The Morgan fingerprint density at radius 2 is 1.86 bits per heavy atom. The summed E-state index contributed by atoms with van der Waals surface area (Å²) in [5, 5.41) is 3.29. The molecule has 0 unspecified atom stereocenters. The maximum Gasteiger partial charge on any atom is 0.309 e. The van der Waals surface area contributed by atoms with Gasteiger partial charge in [0, 0.05) is 39.4 Å². The van der Waals surface area contributed by atoms with E-state index in [1.165, 1.54) is 19.2 Å². The molecule has 0 bridgehead atoms. The van der Waals surface area contributed by atoms with Crippen molar-refractivity contribution in [3.8, 4) is 5.75 Å². The summed E-state index contributed by atoms with van der Waals surface area (Å²) in [6.07, 6.45) is 1.58. The standard InChI is InChI=1S/C24H35ClN4O6/c1-4-35-24(32)15-5-9-29(10-6-15)22(30)14-28-8-7-19(21(13-28)34-3)27-23(31)16-11-17(25)18(26)12-20(16)33-2/h11-12,15,19,21H,4-10,13-14,26H2,1-3H3,(H,27,31)/t19-,21+/m1/s1. The second-order valence-electron chi connectivity index (χ2n) is 8.86. The lowest BCUT2D eigenvalue weighted by atomic mass is 9.97. The number of anilines is 1. The number of nitrogens with two attached hydrogens (primary N) is 1. The van der Waals surface area contributed by atoms with E-state index in [1.807, 2.05) is 9.80 Å². The maximum absolute atomic E-state index is 12.9. The predicted molar refractivity (Wildman–Crippen MR) is 131 cm³/mol. The highest BCUT2D eigenvalue weighted by Crippen LogP contribution is 2.29. The Labute approximate surface area is 211 Å². The minimum atomic E-state index is -0.329. The fourth-order valence-corrected chi connectivity index (χ4v) is 4.77. The summed E-state index contributed by atoms with van der Waals surface area (Å²) in [7, 11) is 3.06. The molecule has 0 aliphatic carbocycles. The van der Waals surface area contributed by atoms with Crippen LogP contribution in [0.1, 0.15) is 36.5 Å². The molecule has 2 fully saturated rings. The van der Waals surface area contributed by atoms with Gasteiger partial charge in [-0.25, -0.2) is 0 Å². The molecule has 11 heteroatoms. The normalized spacial score (nSPS) is 21.4. The van der Waals surface area contributed by atoms with Crippen molar-refractivity contribution in [1.82, 2.24) is 15.1 Å². The lowest BCUT2D eigenvalue weighted by molar-refractivity contribution is -0.151. The van der Waals surface area contributed by atoms with Crippen LogP contribution in [0.5, 0.6) is 5.75 Å². The van der Waals surface area contributed by atoms with Gasteiger partial charge in [0.2, 0.25) is 5.91 Å². The van der Waals surface area contributed by atoms with Crippen molar-refractivity contribution in [2.24, 2.45) is 5.92 Å². The van der Waals surface area contributed by atoms with Crippen LogP contribution in [0.15, 0.2) is 12.1 Å². The van der Waals surface area contributed by atoms with Crippen LogP contribution in [-0.4, -0.2) is 93.3 Å². The van der Waals surface area contributed by atoms with Crippen molar-refractivity contribution in [2.45, 2.75) is 38.3 Å². The number of piperidine rings is 2. The van der Waals surface area contributed by atoms with Gasteiger partial charge in [-0.15, -0.1) is 0 Å². The average molecular weight is 511 g/mol. The van der Waals surface area contributed by atoms with Gasteiger partial charge in [-0.2, -0.15) is 0 Å². The third-order valence-corrected chi connectivity index (χ3v) is 6.98. The van der Waals surface area contributed by atoms with Gasteiger partial charge in [0.1, 0.15) is 5.75 Å². The lowest BCUT2D eigenvalue weighted by Crippen LogP contribution is -2.56. The Morgan fingerprint density at radius 1 is 1.14 bits per heavy atom. The molecule has 10 nitrogen and oxygen atoms in total. The molecule has 2 amide bonds. The lowest BCUT2D eigenvalue weighted by Gasteiger charge is -2.39. The van der Waals surface area contributed by atoms with Crippen molar-refractivity contribution in [1.29, 1.82) is 0 Å². The van der Waals surface area contributed by atoms with E-state index in [1.54, 1.807) is 14.0 Å². The molecule has 0 spiro atoms. The number of methoxy groups -OCH3 is 2. The molecular weight excluding hydrogens is 476 g/mol. The van der Waals surface area contributed by atoms with Crippen LogP contribution in [0.25, 0.3) is 0 Å². The summed E-state index contributed by atoms with van der Waals surface area (Å²) >= 11 is 6.10. The Bertz CT molecular complexity index is 922. The molecule has 0 aromatic heterocycles. The van der Waals surface area contributed by atoms with E-state index in [0.29, 0.717) is 69.0 Å². The highest BCUT2D eigenvalue weighted by molar-refractivity contribution is 6.33. The molecule has 2 aliphatic heterocycles. The van der Waals surface area contributed by atoms with Crippen molar-refractivity contribution in [3.63, 3.8) is 0 Å². The first-order valence-electron chi connectivity index (χ1n) is 11.9. The number of hydrogen-bond donors (Lipinski definition) is 2. The second kappa shape index (κ2) is 12.4. The molecular formula is C24H35ClN4O6. The van der Waals surface area contributed by atoms with Crippen molar-refractivity contribution < 1.29 is 28.6 Å². The highest BCUT2D eigenvalue weighted by atomic mass is 35.5. The summed E-state index contributed by atoms with van der Waals surface area (Å²) in [4.78, 5) is 41.6. The van der Waals surface area contributed by atoms with Crippen LogP contribution in [0.3, 0.4) is 0 Å². The number of esters is 1. The minimum absolute atomic E-state index is 0.0332. The number of halogens is 1. The zero-order valence-electron chi connectivity index (χ0n) is 20.5. The van der Waals surface area contributed by atoms with Crippen molar-refractivity contribution in [3.05, 3.63) is 22.7 Å². The first kappa shape index (κ1) is 27.0. The van der Waals surface area contributed by atoms with E-state index >= 15 is 0 Å². The van der Waals surface area contributed by atoms with Gasteiger partial charge in [0.15, 0.2) is 0 Å². The molecule has 2 heterocycles. The number of nitrogens with one attached hydrogen (secondary N) is 1. The van der Waals surface area contributed by atoms with Gasteiger partial charge < -0.3 is 30.2 Å². The first-order chi connectivity index (χ1) is 16.8. The molecule has 0 radical (unpaired) electrons. The number of nitrogen functional groups attached to an aromatic ring is 1. The van der Waals surface area contributed by atoms with E-state index in [9.17, 15) is 14.4 Å². The minimum Gasteiger partial charge on any atom is -0.496 e. The number of likely N-dealkylation sites (tertiary alicyclic amines) is 2. The van der Waals surface area contributed by atoms with Gasteiger partial charge in [-0.3, -0.25) is 19.3 Å². The topological polar surface area (TPSA) is 123 Å². The number of amides is 2. The van der Waals surface area contributed by atoms with E-state index in [2.05, 4.69) is 5.32 Å². The number of hydrogen-bond acceptors (Lipinski definition) is 8. The molecule has 3 rings (SSSR count). The third kappa shape index (κ3) is 6.77. The molecule has 2 atom stereocenters. The van der Waals surface area contributed by atoms with Crippen LogP contribution in [-0.2, 0) is 19.1 Å². The number of nitrogens with zero attached hydrogens (tertiary/aromatic N) is 2. The summed E-state index contributed by atoms with van der Waals surface area (Å²) in [5.74, 6) is -0.264. The van der Waals surface area contributed by atoms with Crippen LogP contribution in [0, 0.1) is 5.92 Å². The Balaban J connectivity index is 1.52. The number of rotatable bonds is 8. The SMILES string of the molecule is CCOC(=O)C1CCN(C(=O)CN2CC[C@@H](NC(=O)c3cc(Cl)c(N)cc3OC)[C@@H](OC)C2)CC1. The molecule has 1 aromatic rings. The Morgan fingerprint density at radius 3 is 2.49 bits per heavy atom. The van der Waals surface area contributed by atoms with Crippen molar-refractivity contribution in [2.75, 3.05) is 59.3 Å². The second-order valence-corrected chi connectivity index (χ2v) is 9.27. The maximum atomic E-state index is 12.9. The fraction of sp³-hybridized carbons (Fsp3) is 0.625. The predicted octanol–water partition coefficient (Wildman–Crippen LogP) is 1.55. The van der Waals surface area contributed by atoms with Crippen LogP contribution in [0.2, 0.25) is 5.02 Å². The third-order valence-electron chi connectivity index (χ3n) is 6.65. The van der Waals surface area contributed by atoms with Crippen LogP contribution in [0.4, 0.5) is 5.69 Å². The number of ether oxygens (including phenoxy) is 3. The summed E-state index contributed by atoms with van der Waals surface area (Å²) in [6.45, 7) is 4.68. The van der Waals surface area contributed by atoms with E-state index in [4.69, 9.17) is 31.5 Å². The smallest absolute Gasteiger partial charge is 0.309 e. The van der Waals surface area contributed by atoms with Crippen LogP contribution >= 0.6 is 11.6 Å². The number of carbonyl (C=O) groups excluding carboxylic acids is 3. The number of carbonyl (C=O) groups is 3. The number of benzene rings is 1. The molecule has 0 saturated carbocycles. The van der Waals surface area contributed by atoms with Crippen LogP contribution < -0.4 is 15.8 Å². The largest absolute Gasteiger partial charge is 0.496 e. The Hall–Kier alpha value is -2.56. The molecule has 35 heavy (non-hydrogen) atoms. The highest BCUT2D eigenvalue weighted by Gasteiger charge is 2.34. The van der Waals surface area contributed by atoms with Gasteiger partial charge in [-0.05, 0) is 32.3 Å². The first-order valence-corrected chi connectivity index (χ1v) is 12.3. The van der Waals surface area contributed by atoms with Crippen molar-refractivity contribution >= 4 is 35.1 Å². The monoisotopic (exact) mass is 510 g/mol. The van der Waals surface area contributed by atoms with E-state index < -0.39 is 0 Å². The quantitative estimate of drug-likeness (QED) is 0.399. The van der Waals surface area contributed by atoms with Gasteiger partial charge in [0.05, 0.1) is 54.6 Å². The van der Waals surface area contributed by atoms with E-state index in [0.717, 1.165) is 0 Å². The molecule has 1 aromatic carbocycles.